The summed E-state index contributed by atoms with van der Waals surface area (Å²) in [6, 6.07) is 9.02. The van der Waals surface area contributed by atoms with Gasteiger partial charge >= 0.3 is 0 Å². The predicted molar refractivity (Wildman–Crippen MR) is 84.2 cm³/mol. The summed E-state index contributed by atoms with van der Waals surface area (Å²) in [6.45, 7) is 10.7. The summed E-state index contributed by atoms with van der Waals surface area (Å²) >= 11 is 0. The van der Waals surface area contributed by atoms with Crippen LogP contribution < -0.4 is 5.73 Å². The van der Waals surface area contributed by atoms with Crippen molar-refractivity contribution >= 4 is 0 Å². The van der Waals surface area contributed by atoms with Crippen molar-refractivity contribution in [3.8, 4) is 0 Å². The summed E-state index contributed by atoms with van der Waals surface area (Å²) in [6.07, 6.45) is 2.19. The van der Waals surface area contributed by atoms with Gasteiger partial charge in [-0.3, -0.25) is 0 Å². The molecule has 0 aliphatic heterocycles. The average molecular weight is 262 g/mol. The molecular formula is C17H30N2. The Morgan fingerprint density at radius 1 is 1.11 bits per heavy atom. The smallest absolute Gasteiger partial charge is 0.0230 e. The molecule has 0 heterocycles. The van der Waals surface area contributed by atoms with E-state index in [1.165, 1.54) is 11.1 Å². The highest BCUT2D eigenvalue weighted by molar-refractivity contribution is 5.22. The highest BCUT2D eigenvalue weighted by atomic mass is 15.1. The molecule has 1 rings (SSSR count). The molecule has 2 heteroatoms. The molecule has 0 spiro atoms. The van der Waals surface area contributed by atoms with Gasteiger partial charge in [0.15, 0.2) is 0 Å². The van der Waals surface area contributed by atoms with Crippen LogP contribution in [0.25, 0.3) is 0 Å². The summed E-state index contributed by atoms with van der Waals surface area (Å²) in [7, 11) is 2.16. The second kappa shape index (κ2) is 7.06. The molecule has 0 radical (unpaired) electrons. The fraction of sp³-hybridized carbons (Fsp3) is 0.647. The van der Waals surface area contributed by atoms with Crippen molar-refractivity contribution in [2.24, 2.45) is 11.7 Å². The quantitative estimate of drug-likeness (QED) is 0.815. The third-order valence-electron chi connectivity index (χ3n) is 3.26. The van der Waals surface area contributed by atoms with Crippen LogP contribution in [0.3, 0.4) is 0 Å². The van der Waals surface area contributed by atoms with Gasteiger partial charge in [-0.2, -0.15) is 0 Å². The number of rotatable bonds is 7. The highest BCUT2D eigenvalue weighted by Crippen LogP contribution is 2.12. The zero-order valence-electron chi connectivity index (χ0n) is 13.2. The third-order valence-corrected chi connectivity index (χ3v) is 3.26. The Morgan fingerprint density at radius 3 is 2.11 bits per heavy atom. The van der Waals surface area contributed by atoms with Crippen molar-refractivity contribution in [3.63, 3.8) is 0 Å². The first-order valence-corrected chi connectivity index (χ1v) is 7.31. The number of nitrogens with zero attached hydrogens (tertiary/aromatic N) is 1. The van der Waals surface area contributed by atoms with E-state index in [9.17, 15) is 0 Å². The largest absolute Gasteiger partial charge is 0.326 e. The predicted octanol–water partition coefficient (Wildman–Crippen LogP) is 3.44. The van der Waals surface area contributed by atoms with Gasteiger partial charge in [0.2, 0.25) is 0 Å². The Kier molecular flexibility index (Phi) is 6.02. The first-order valence-electron chi connectivity index (χ1n) is 7.31. The van der Waals surface area contributed by atoms with Gasteiger partial charge in [-0.05, 0) is 57.3 Å². The Morgan fingerprint density at radius 2 is 1.63 bits per heavy atom. The van der Waals surface area contributed by atoms with Crippen molar-refractivity contribution in [2.75, 3.05) is 13.6 Å². The maximum atomic E-state index is 6.02. The van der Waals surface area contributed by atoms with Crippen LogP contribution in [-0.2, 0) is 13.0 Å². The molecule has 108 valence electrons. The van der Waals surface area contributed by atoms with E-state index in [1.807, 2.05) is 0 Å². The molecule has 0 aliphatic carbocycles. The summed E-state index contributed by atoms with van der Waals surface area (Å²) in [5.41, 5.74) is 8.76. The van der Waals surface area contributed by atoms with E-state index in [4.69, 9.17) is 5.73 Å². The first-order chi connectivity index (χ1) is 8.76. The van der Waals surface area contributed by atoms with E-state index in [2.05, 4.69) is 63.9 Å². The SMILES string of the molecule is CC(C)Cc1ccc(CN(C)CCC(C)(C)N)cc1. The van der Waals surface area contributed by atoms with Crippen LogP contribution in [-0.4, -0.2) is 24.0 Å². The van der Waals surface area contributed by atoms with Gasteiger partial charge in [0.25, 0.3) is 0 Å². The van der Waals surface area contributed by atoms with Crippen LogP contribution in [0.4, 0.5) is 0 Å². The van der Waals surface area contributed by atoms with E-state index in [0.29, 0.717) is 0 Å². The minimum atomic E-state index is -0.0740. The fourth-order valence-corrected chi connectivity index (χ4v) is 2.12. The Hall–Kier alpha value is -0.860. The van der Waals surface area contributed by atoms with Crippen molar-refractivity contribution < 1.29 is 0 Å². The summed E-state index contributed by atoms with van der Waals surface area (Å²) < 4.78 is 0. The molecule has 0 bridgehead atoms. The van der Waals surface area contributed by atoms with Gasteiger partial charge < -0.3 is 10.6 Å². The second-order valence-electron chi connectivity index (χ2n) is 6.89. The molecule has 0 amide bonds. The topological polar surface area (TPSA) is 29.3 Å². The zero-order valence-corrected chi connectivity index (χ0v) is 13.2. The van der Waals surface area contributed by atoms with Crippen molar-refractivity contribution in [3.05, 3.63) is 35.4 Å². The lowest BCUT2D eigenvalue weighted by Gasteiger charge is -2.23. The molecule has 0 fully saturated rings. The van der Waals surface area contributed by atoms with E-state index in [0.717, 1.165) is 31.8 Å². The Balaban J connectivity index is 2.44. The van der Waals surface area contributed by atoms with Crippen LogP contribution in [0, 0.1) is 5.92 Å². The molecule has 0 saturated carbocycles. The Bertz CT molecular complexity index is 360. The van der Waals surface area contributed by atoms with Gasteiger partial charge in [-0.15, -0.1) is 0 Å². The molecular weight excluding hydrogens is 232 g/mol. The van der Waals surface area contributed by atoms with Crippen LogP contribution in [0.5, 0.6) is 0 Å². The van der Waals surface area contributed by atoms with Gasteiger partial charge in [0, 0.05) is 12.1 Å². The van der Waals surface area contributed by atoms with Crippen LogP contribution >= 0.6 is 0 Å². The number of hydrogen-bond acceptors (Lipinski definition) is 2. The molecule has 0 atom stereocenters. The average Bonchev–Trinajstić information content (AvgIpc) is 2.28. The molecule has 0 saturated heterocycles. The molecule has 0 aliphatic rings. The molecule has 2 nitrogen and oxygen atoms in total. The van der Waals surface area contributed by atoms with Gasteiger partial charge in [0.1, 0.15) is 0 Å². The van der Waals surface area contributed by atoms with E-state index in [1.54, 1.807) is 0 Å². The second-order valence-corrected chi connectivity index (χ2v) is 6.89. The lowest BCUT2D eigenvalue weighted by Crippen LogP contribution is -2.36. The van der Waals surface area contributed by atoms with Crippen molar-refractivity contribution in [2.45, 2.75) is 52.6 Å². The standard InChI is InChI=1S/C17H30N2/c1-14(2)12-15-6-8-16(9-7-15)13-19(5)11-10-17(3,4)18/h6-9,14H,10-13,18H2,1-5H3. The van der Waals surface area contributed by atoms with Gasteiger partial charge in [0.05, 0.1) is 0 Å². The van der Waals surface area contributed by atoms with Crippen molar-refractivity contribution in [1.82, 2.24) is 4.90 Å². The minimum Gasteiger partial charge on any atom is -0.326 e. The monoisotopic (exact) mass is 262 g/mol. The molecule has 1 aromatic rings. The lowest BCUT2D eigenvalue weighted by molar-refractivity contribution is 0.289. The molecule has 1 aromatic carbocycles. The summed E-state index contributed by atoms with van der Waals surface area (Å²) in [5.74, 6) is 0.723. The van der Waals surface area contributed by atoms with Gasteiger partial charge in [-0.1, -0.05) is 38.1 Å². The van der Waals surface area contributed by atoms with E-state index < -0.39 is 0 Å². The summed E-state index contributed by atoms with van der Waals surface area (Å²) in [5, 5.41) is 0. The molecule has 19 heavy (non-hydrogen) atoms. The molecule has 0 aromatic heterocycles. The number of hydrogen-bond donors (Lipinski definition) is 1. The summed E-state index contributed by atoms with van der Waals surface area (Å²) in [4.78, 5) is 2.34. The molecule has 0 unspecified atom stereocenters. The number of benzene rings is 1. The van der Waals surface area contributed by atoms with E-state index in [-0.39, 0.29) is 5.54 Å². The Labute approximate surface area is 119 Å². The van der Waals surface area contributed by atoms with Crippen LogP contribution in [0.1, 0.15) is 45.2 Å². The lowest BCUT2D eigenvalue weighted by atomic mass is 10.0. The molecule has 2 N–H and O–H groups in total. The fourth-order valence-electron chi connectivity index (χ4n) is 2.12. The van der Waals surface area contributed by atoms with Gasteiger partial charge in [-0.25, -0.2) is 0 Å². The van der Waals surface area contributed by atoms with E-state index >= 15 is 0 Å². The normalized spacial score (nSPS) is 12.4. The minimum absolute atomic E-state index is 0.0740. The van der Waals surface area contributed by atoms with Crippen LogP contribution in [0.15, 0.2) is 24.3 Å². The first kappa shape index (κ1) is 16.2. The highest BCUT2D eigenvalue weighted by Gasteiger charge is 2.11. The zero-order chi connectivity index (χ0) is 14.5. The van der Waals surface area contributed by atoms with Crippen LogP contribution in [0.2, 0.25) is 0 Å². The maximum absolute atomic E-state index is 6.02. The third kappa shape index (κ3) is 7.34. The number of nitrogens with two attached hydrogens (primary N) is 1. The maximum Gasteiger partial charge on any atom is 0.0230 e. The van der Waals surface area contributed by atoms with Crippen molar-refractivity contribution in [1.29, 1.82) is 0 Å².